The Bertz CT molecular complexity index is 1340. The Labute approximate surface area is 210 Å². The van der Waals surface area contributed by atoms with Gasteiger partial charge in [0.25, 0.3) is 11.5 Å². The lowest BCUT2D eigenvalue weighted by Gasteiger charge is -2.23. The SMILES string of the molecule is CCN(C(=O)CCNC(=O)c1ccc(C(C)(C)C)cc1)c1c(N)n(Cc2ccccc2)c(=O)[nH]c1=O. The molecule has 0 aliphatic heterocycles. The summed E-state index contributed by atoms with van der Waals surface area (Å²) in [4.78, 5) is 54.0. The first kappa shape index (κ1) is 26.5. The van der Waals surface area contributed by atoms with E-state index >= 15 is 0 Å². The number of carbonyl (C=O) groups excluding carboxylic acids is 2. The van der Waals surface area contributed by atoms with Gasteiger partial charge in [-0.1, -0.05) is 63.2 Å². The van der Waals surface area contributed by atoms with E-state index < -0.39 is 17.2 Å². The molecule has 3 aromatic rings. The minimum Gasteiger partial charge on any atom is -0.383 e. The maximum atomic E-state index is 13.0. The number of benzene rings is 2. The van der Waals surface area contributed by atoms with E-state index in [0.717, 1.165) is 11.1 Å². The molecule has 190 valence electrons. The molecule has 0 radical (unpaired) electrons. The van der Waals surface area contributed by atoms with Crippen LogP contribution in [0.25, 0.3) is 0 Å². The summed E-state index contributed by atoms with van der Waals surface area (Å²) in [6, 6.07) is 16.5. The molecule has 0 saturated carbocycles. The molecule has 3 rings (SSSR count). The van der Waals surface area contributed by atoms with Crippen molar-refractivity contribution in [2.24, 2.45) is 0 Å². The Morgan fingerprint density at radius 3 is 2.25 bits per heavy atom. The summed E-state index contributed by atoms with van der Waals surface area (Å²) in [5.41, 5.74) is 7.16. The predicted octanol–water partition coefficient (Wildman–Crippen LogP) is 2.64. The number of nitrogens with zero attached hydrogens (tertiary/aromatic N) is 2. The largest absolute Gasteiger partial charge is 0.383 e. The highest BCUT2D eigenvalue weighted by atomic mass is 16.2. The van der Waals surface area contributed by atoms with Gasteiger partial charge in [0, 0.05) is 25.1 Å². The fourth-order valence-electron chi connectivity index (χ4n) is 3.86. The minimum absolute atomic E-state index is 0.0196. The zero-order valence-corrected chi connectivity index (χ0v) is 21.1. The highest BCUT2D eigenvalue weighted by Crippen LogP contribution is 2.22. The Kier molecular flexibility index (Phi) is 8.14. The quantitative estimate of drug-likeness (QED) is 0.446. The van der Waals surface area contributed by atoms with Crippen LogP contribution in [0.4, 0.5) is 11.5 Å². The van der Waals surface area contributed by atoms with E-state index in [0.29, 0.717) is 5.56 Å². The van der Waals surface area contributed by atoms with Crippen LogP contribution in [-0.4, -0.2) is 34.5 Å². The molecule has 0 fully saturated rings. The number of carbonyl (C=O) groups is 2. The molecule has 9 heteroatoms. The van der Waals surface area contributed by atoms with Gasteiger partial charge in [0.15, 0.2) is 5.69 Å². The van der Waals surface area contributed by atoms with Crippen LogP contribution in [0.15, 0.2) is 64.2 Å². The summed E-state index contributed by atoms with van der Waals surface area (Å²) in [6.45, 7) is 8.38. The molecule has 36 heavy (non-hydrogen) atoms. The van der Waals surface area contributed by atoms with Gasteiger partial charge in [-0.05, 0) is 35.6 Å². The molecular formula is C27H33N5O4. The van der Waals surface area contributed by atoms with Crippen LogP contribution in [0.1, 0.15) is 55.6 Å². The van der Waals surface area contributed by atoms with Crippen molar-refractivity contribution in [3.8, 4) is 0 Å². The van der Waals surface area contributed by atoms with Gasteiger partial charge in [0.2, 0.25) is 5.91 Å². The number of aromatic amines is 1. The van der Waals surface area contributed by atoms with Gasteiger partial charge in [-0.3, -0.25) is 23.9 Å². The predicted molar refractivity (Wildman–Crippen MR) is 141 cm³/mol. The van der Waals surface area contributed by atoms with Gasteiger partial charge in [0.05, 0.1) is 6.54 Å². The molecule has 0 aliphatic rings. The van der Waals surface area contributed by atoms with Crippen LogP contribution >= 0.6 is 0 Å². The summed E-state index contributed by atoms with van der Waals surface area (Å²) < 4.78 is 1.23. The summed E-state index contributed by atoms with van der Waals surface area (Å²) >= 11 is 0. The normalized spacial score (nSPS) is 11.2. The van der Waals surface area contributed by atoms with Crippen LogP contribution in [-0.2, 0) is 16.8 Å². The highest BCUT2D eigenvalue weighted by molar-refractivity contribution is 5.97. The van der Waals surface area contributed by atoms with Gasteiger partial charge in [-0.2, -0.15) is 0 Å². The molecule has 4 N–H and O–H groups in total. The van der Waals surface area contributed by atoms with Crippen molar-refractivity contribution in [3.63, 3.8) is 0 Å². The van der Waals surface area contributed by atoms with E-state index in [1.165, 1.54) is 9.47 Å². The topological polar surface area (TPSA) is 130 Å². The van der Waals surface area contributed by atoms with Crippen LogP contribution in [0.5, 0.6) is 0 Å². The maximum absolute atomic E-state index is 13.0. The summed E-state index contributed by atoms with van der Waals surface area (Å²) in [7, 11) is 0. The molecule has 2 aromatic carbocycles. The van der Waals surface area contributed by atoms with E-state index in [1.807, 2.05) is 42.5 Å². The molecule has 0 bridgehead atoms. The third-order valence-corrected chi connectivity index (χ3v) is 5.92. The third-order valence-electron chi connectivity index (χ3n) is 5.92. The smallest absolute Gasteiger partial charge is 0.330 e. The number of anilines is 2. The molecule has 0 aliphatic carbocycles. The second kappa shape index (κ2) is 11.1. The number of nitrogen functional groups attached to an aromatic ring is 1. The summed E-state index contributed by atoms with van der Waals surface area (Å²) in [5, 5.41) is 2.74. The molecule has 0 spiro atoms. The second-order valence-electron chi connectivity index (χ2n) is 9.54. The minimum atomic E-state index is -0.736. The van der Waals surface area contributed by atoms with Crippen molar-refractivity contribution in [1.82, 2.24) is 14.9 Å². The van der Waals surface area contributed by atoms with Crippen molar-refractivity contribution in [2.75, 3.05) is 23.7 Å². The molecule has 0 atom stereocenters. The van der Waals surface area contributed by atoms with Crippen molar-refractivity contribution in [1.29, 1.82) is 0 Å². The van der Waals surface area contributed by atoms with Crippen LogP contribution < -0.4 is 27.2 Å². The second-order valence-corrected chi connectivity index (χ2v) is 9.54. The van der Waals surface area contributed by atoms with Crippen LogP contribution in [0.3, 0.4) is 0 Å². The molecule has 1 aromatic heterocycles. The number of H-pyrrole nitrogens is 1. The first-order valence-corrected chi connectivity index (χ1v) is 11.9. The first-order chi connectivity index (χ1) is 17.0. The van der Waals surface area contributed by atoms with Crippen LogP contribution in [0, 0.1) is 0 Å². The Morgan fingerprint density at radius 1 is 1.03 bits per heavy atom. The van der Waals surface area contributed by atoms with E-state index in [4.69, 9.17) is 5.73 Å². The lowest BCUT2D eigenvalue weighted by atomic mass is 9.87. The Hall–Kier alpha value is -4.14. The third kappa shape index (κ3) is 6.10. The number of rotatable bonds is 8. The van der Waals surface area contributed by atoms with E-state index in [2.05, 4.69) is 31.1 Å². The van der Waals surface area contributed by atoms with Crippen molar-refractivity contribution < 1.29 is 9.59 Å². The number of nitrogens with two attached hydrogens (primary N) is 1. The average Bonchev–Trinajstić information content (AvgIpc) is 2.84. The van der Waals surface area contributed by atoms with Gasteiger partial charge >= 0.3 is 5.69 Å². The molecule has 1 heterocycles. The van der Waals surface area contributed by atoms with E-state index in [-0.39, 0.29) is 48.9 Å². The van der Waals surface area contributed by atoms with E-state index in [9.17, 15) is 19.2 Å². The molecule has 2 amide bonds. The number of hydrogen-bond acceptors (Lipinski definition) is 5. The van der Waals surface area contributed by atoms with Gasteiger partial charge in [-0.15, -0.1) is 0 Å². The monoisotopic (exact) mass is 491 g/mol. The summed E-state index contributed by atoms with van der Waals surface area (Å²) in [5.74, 6) is -0.783. The number of amides is 2. The number of hydrogen-bond donors (Lipinski definition) is 3. The standard InChI is InChI=1S/C27H33N5O4/c1-5-31(21(33)15-16-29-24(34)19-11-13-20(14-12-19)27(2,3)4)22-23(28)32(26(36)30-25(22)35)17-18-9-7-6-8-10-18/h6-14H,5,15-17,28H2,1-4H3,(H,29,34)(H,30,35,36). The summed E-state index contributed by atoms with van der Waals surface area (Å²) in [6.07, 6.45) is -0.0453. The fraction of sp³-hybridized carbons (Fsp3) is 0.333. The lowest BCUT2D eigenvalue weighted by Crippen LogP contribution is -2.42. The zero-order valence-electron chi connectivity index (χ0n) is 21.1. The van der Waals surface area contributed by atoms with E-state index in [1.54, 1.807) is 19.1 Å². The van der Waals surface area contributed by atoms with Crippen LogP contribution in [0.2, 0.25) is 0 Å². The van der Waals surface area contributed by atoms with Gasteiger partial charge in [-0.25, -0.2) is 4.79 Å². The lowest BCUT2D eigenvalue weighted by molar-refractivity contribution is -0.118. The number of aromatic nitrogens is 2. The Balaban J connectivity index is 1.72. The molecular weight excluding hydrogens is 458 g/mol. The maximum Gasteiger partial charge on any atom is 0.330 e. The molecule has 9 nitrogen and oxygen atoms in total. The highest BCUT2D eigenvalue weighted by Gasteiger charge is 2.23. The van der Waals surface area contributed by atoms with Crippen molar-refractivity contribution in [3.05, 3.63) is 92.1 Å². The van der Waals surface area contributed by atoms with Crippen molar-refractivity contribution in [2.45, 2.75) is 46.1 Å². The zero-order chi connectivity index (χ0) is 26.5. The first-order valence-electron chi connectivity index (χ1n) is 11.9. The number of nitrogens with one attached hydrogen (secondary N) is 2. The average molecular weight is 492 g/mol. The van der Waals surface area contributed by atoms with Gasteiger partial charge in [0.1, 0.15) is 5.82 Å². The molecule has 0 unspecified atom stereocenters. The van der Waals surface area contributed by atoms with Gasteiger partial charge < -0.3 is 16.0 Å². The fourth-order valence-corrected chi connectivity index (χ4v) is 3.86. The molecule has 0 saturated heterocycles. The van der Waals surface area contributed by atoms with Crippen molar-refractivity contribution >= 4 is 23.3 Å². The Morgan fingerprint density at radius 2 is 1.67 bits per heavy atom.